The number of benzene rings is 1. The van der Waals surface area contributed by atoms with Crippen LogP contribution in [0.1, 0.15) is 65.5 Å². The minimum Gasteiger partial charge on any atom is -0.507 e. The molecule has 1 aromatic carbocycles. The van der Waals surface area contributed by atoms with Gasteiger partial charge >= 0.3 is 0 Å². The van der Waals surface area contributed by atoms with Crippen molar-refractivity contribution in [2.45, 2.75) is 95.1 Å². The fourth-order valence-electron chi connectivity index (χ4n) is 6.65. The highest BCUT2D eigenvalue weighted by atomic mass is 79.9. The fraction of sp³-hybridized carbons (Fsp3) is 0.640. The third kappa shape index (κ3) is 3.60. The second-order valence-corrected chi connectivity index (χ2v) is 16.9. The maximum atomic E-state index is 12.3. The van der Waals surface area contributed by atoms with Crippen LogP contribution in [0.5, 0.6) is 11.5 Å². The zero-order valence-electron chi connectivity index (χ0n) is 20.0. The maximum absolute atomic E-state index is 12.3. The predicted molar refractivity (Wildman–Crippen MR) is 133 cm³/mol. The first kappa shape index (κ1) is 24.0. The van der Waals surface area contributed by atoms with Gasteiger partial charge < -0.3 is 19.6 Å². The summed E-state index contributed by atoms with van der Waals surface area (Å²) in [5.41, 5.74) is 3.33. The number of hydrogen-bond acceptors (Lipinski definition) is 5. The number of halogens is 1. The number of rotatable bonds is 6. The summed E-state index contributed by atoms with van der Waals surface area (Å²) < 4.78 is 13.9. The second-order valence-electron chi connectivity index (χ2n) is 10.6. The molecule has 0 fully saturated rings. The van der Waals surface area contributed by atoms with Crippen molar-refractivity contribution >= 4 is 30.0 Å². The number of phenolic OH excluding ortho intramolecular Hbond substituents is 1. The molecule has 1 aliphatic carbocycles. The molecule has 3 atom stereocenters. The minimum absolute atomic E-state index is 0.0891. The molecule has 32 heavy (non-hydrogen) atoms. The molecule has 176 valence electrons. The van der Waals surface area contributed by atoms with E-state index in [2.05, 4.69) is 68.9 Å². The highest BCUT2D eigenvalue weighted by molar-refractivity contribution is 9.10. The van der Waals surface area contributed by atoms with Crippen molar-refractivity contribution in [1.82, 2.24) is 5.32 Å². The van der Waals surface area contributed by atoms with E-state index in [4.69, 9.17) is 9.16 Å². The first-order chi connectivity index (χ1) is 15.0. The third-order valence-corrected chi connectivity index (χ3v) is 14.8. The van der Waals surface area contributed by atoms with Crippen LogP contribution in [0.2, 0.25) is 16.6 Å². The van der Waals surface area contributed by atoms with Crippen molar-refractivity contribution in [3.8, 4) is 11.5 Å². The van der Waals surface area contributed by atoms with Gasteiger partial charge in [0.2, 0.25) is 0 Å². The number of allylic oxidation sites excluding steroid dienone is 1. The van der Waals surface area contributed by atoms with E-state index in [1.807, 2.05) is 6.07 Å². The summed E-state index contributed by atoms with van der Waals surface area (Å²) in [6.45, 7) is 15.1. The second kappa shape index (κ2) is 8.57. The number of carbonyl (C=O) groups excluding carboxylic acids is 1. The Labute approximate surface area is 201 Å². The van der Waals surface area contributed by atoms with Gasteiger partial charge in [-0.2, -0.15) is 0 Å². The first-order valence-corrected chi connectivity index (χ1v) is 14.8. The van der Waals surface area contributed by atoms with E-state index in [0.29, 0.717) is 46.4 Å². The van der Waals surface area contributed by atoms with Crippen molar-refractivity contribution < 1.29 is 19.1 Å². The van der Waals surface area contributed by atoms with Gasteiger partial charge in [-0.3, -0.25) is 4.79 Å². The Hall–Kier alpha value is -1.15. The summed E-state index contributed by atoms with van der Waals surface area (Å²) in [7, 11) is -1.99. The number of carbonyl (C=O) groups is 1. The molecular weight excluding hydrogens is 486 g/mol. The Bertz CT molecular complexity index is 923. The normalized spacial score (nSPS) is 27.0. The summed E-state index contributed by atoms with van der Waals surface area (Å²) in [6.07, 6.45) is 4.68. The summed E-state index contributed by atoms with van der Waals surface area (Å²) in [5.74, 6) is 0.944. The molecule has 5 nitrogen and oxygen atoms in total. The van der Waals surface area contributed by atoms with Crippen molar-refractivity contribution in [1.29, 1.82) is 0 Å². The quantitative estimate of drug-likeness (QED) is 0.467. The number of ketones is 1. The van der Waals surface area contributed by atoms with Gasteiger partial charge in [-0.1, -0.05) is 47.6 Å². The number of nitrogens with one attached hydrogen (secondary N) is 1. The van der Waals surface area contributed by atoms with Crippen LogP contribution in [0.4, 0.5) is 0 Å². The molecule has 4 rings (SSSR count). The van der Waals surface area contributed by atoms with E-state index in [0.717, 1.165) is 17.5 Å². The Morgan fingerprint density at radius 3 is 2.53 bits per heavy atom. The Morgan fingerprint density at radius 2 is 1.91 bits per heavy atom. The molecule has 3 aliphatic rings. The molecule has 1 aromatic rings. The molecule has 2 heterocycles. The van der Waals surface area contributed by atoms with Crippen molar-refractivity contribution in [3.05, 3.63) is 33.8 Å². The number of hydrogen-bond donors (Lipinski definition) is 2. The van der Waals surface area contributed by atoms with Gasteiger partial charge in [-0.25, -0.2) is 0 Å². The monoisotopic (exact) mass is 521 g/mol. The van der Waals surface area contributed by atoms with Crippen LogP contribution in [0.3, 0.4) is 0 Å². The smallest absolute Gasteiger partial charge is 0.200 e. The van der Waals surface area contributed by atoms with Crippen LogP contribution >= 0.6 is 15.9 Å². The van der Waals surface area contributed by atoms with E-state index in [-0.39, 0.29) is 29.1 Å². The Kier molecular flexibility index (Phi) is 6.42. The molecule has 0 radical (unpaired) electrons. The largest absolute Gasteiger partial charge is 0.507 e. The molecule has 0 amide bonds. The van der Waals surface area contributed by atoms with Gasteiger partial charge in [0.1, 0.15) is 22.1 Å². The molecule has 0 aromatic heterocycles. The summed E-state index contributed by atoms with van der Waals surface area (Å²) in [5, 5.41) is 14.2. The van der Waals surface area contributed by atoms with Gasteiger partial charge in [-0.05, 0) is 56.7 Å². The van der Waals surface area contributed by atoms with E-state index in [1.54, 1.807) is 6.08 Å². The van der Waals surface area contributed by atoms with E-state index >= 15 is 0 Å². The highest BCUT2D eigenvalue weighted by Gasteiger charge is 2.54. The van der Waals surface area contributed by atoms with E-state index in [1.165, 1.54) is 0 Å². The lowest BCUT2D eigenvalue weighted by Crippen LogP contribution is -2.51. The van der Waals surface area contributed by atoms with Crippen LogP contribution in [0.25, 0.3) is 0 Å². The van der Waals surface area contributed by atoms with Gasteiger partial charge in [0, 0.05) is 31.2 Å². The molecule has 2 N–H and O–H groups in total. The van der Waals surface area contributed by atoms with Gasteiger partial charge in [-0.15, -0.1) is 0 Å². The molecule has 0 saturated carbocycles. The van der Waals surface area contributed by atoms with Gasteiger partial charge in [0.25, 0.3) is 0 Å². The molecule has 7 heteroatoms. The SMILES string of the molecule is CC(C)[Si](OC[C@@H]1C[C@]23C=CC(=O)C[C@H]2Oc2c(Br)c(O)cc(c23)CN1)(C(C)C)C(C)C. The summed E-state index contributed by atoms with van der Waals surface area (Å²) in [6, 6.07) is 1.95. The number of phenols is 1. The zero-order chi connectivity index (χ0) is 23.4. The fourth-order valence-corrected chi connectivity index (χ4v) is 12.5. The van der Waals surface area contributed by atoms with Crippen molar-refractivity contribution in [2.24, 2.45) is 0 Å². The lowest BCUT2D eigenvalue weighted by atomic mass is 9.68. The van der Waals surface area contributed by atoms with Crippen LogP contribution in [-0.2, 0) is 21.2 Å². The average Bonchev–Trinajstić information content (AvgIpc) is 2.94. The first-order valence-electron chi connectivity index (χ1n) is 11.8. The summed E-state index contributed by atoms with van der Waals surface area (Å²) >= 11 is 3.51. The van der Waals surface area contributed by atoms with Gasteiger partial charge in [0.15, 0.2) is 14.1 Å². The lowest BCUT2D eigenvalue weighted by molar-refractivity contribution is -0.117. The lowest BCUT2D eigenvalue weighted by Gasteiger charge is -2.43. The van der Waals surface area contributed by atoms with Crippen molar-refractivity contribution in [2.75, 3.05) is 6.61 Å². The van der Waals surface area contributed by atoms with E-state index < -0.39 is 8.32 Å². The van der Waals surface area contributed by atoms with Crippen LogP contribution in [0.15, 0.2) is 22.7 Å². The predicted octanol–water partition coefficient (Wildman–Crippen LogP) is 5.74. The molecule has 0 bridgehead atoms. The summed E-state index contributed by atoms with van der Waals surface area (Å²) in [4.78, 5) is 12.3. The average molecular weight is 523 g/mol. The maximum Gasteiger partial charge on any atom is 0.200 e. The number of aromatic hydroxyl groups is 1. The van der Waals surface area contributed by atoms with Crippen LogP contribution < -0.4 is 10.1 Å². The minimum atomic E-state index is -1.99. The van der Waals surface area contributed by atoms with Crippen LogP contribution in [-0.4, -0.2) is 38.0 Å². The topological polar surface area (TPSA) is 67.8 Å². The highest BCUT2D eigenvalue weighted by Crippen LogP contribution is 2.56. The standard InChI is InChI=1S/C25H36BrNO4Si/c1-14(2)32(15(3)4,16(5)6)30-13-18-11-25-8-7-19(28)10-21(25)31-24-22(25)17(12-27-18)9-20(29)23(24)26/h7-9,14-16,18,21,27,29H,10-13H2,1-6H3/t18-,21+,25+/m0/s1. The zero-order valence-corrected chi connectivity index (χ0v) is 22.6. The third-order valence-electron chi connectivity index (χ3n) is 7.94. The molecule has 0 saturated heterocycles. The number of ether oxygens (including phenoxy) is 1. The molecule has 0 unspecified atom stereocenters. The molecule has 2 aliphatic heterocycles. The van der Waals surface area contributed by atoms with Gasteiger partial charge in [0.05, 0.1) is 5.41 Å². The van der Waals surface area contributed by atoms with Crippen molar-refractivity contribution in [3.63, 3.8) is 0 Å². The van der Waals surface area contributed by atoms with E-state index in [9.17, 15) is 9.90 Å². The molecule has 1 spiro atoms. The molecular formula is C25H36BrNO4Si. The van der Waals surface area contributed by atoms with Crippen LogP contribution in [0, 0.1) is 0 Å². The Balaban J connectivity index is 1.70. The Morgan fingerprint density at radius 1 is 1.25 bits per heavy atom.